The fourth-order valence-corrected chi connectivity index (χ4v) is 5.21. The number of aromatic nitrogens is 1. The van der Waals surface area contributed by atoms with Gasteiger partial charge in [-0.05, 0) is 43.2 Å². The normalized spacial score (nSPS) is 15.9. The number of thioether (sulfide) groups is 1. The number of fused-ring (bicyclic) bond motifs is 1. The summed E-state index contributed by atoms with van der Waals surface area (Å²) in [6.45, 7) is 4.24. The van der Waals surface area contributed by atoms with Gasteiger partial charge >= 0.3 is 5.97 Å². The summed E-state index contributed by atoms with van der Waals surface area (Å²) in [5.41, 5.74) is 2.72. The van der Waals surface area contributed by atoms with E-state index in [1.165, 1.54) is 0 Å². The Morgan fingerprint density at radius 1 is 1.14 bits per heavy atom. The van der Waals surface area contributed by atoms with Crippen LogP contribution in [-0.4, -0.2) is 33.2 Å². The number of aliphatic imine (C=N–C) groups is 1. The summed E-state index contributed by atoms with van der Waals surface area (Å²) < 4.78 is 7.19. The quantitative estimate of drug-likeness (QED) is 0.319. The minimum Gasteiger partial charge on any atom is -0.506 e. The van der Waals surface area contributed by atoms with Crippen molar-refractivity contribution in [2.75, 3.05) is 6.61 Å². The first kappa shape index (κ1) is 26.1. The zero-order valence-corrected chi connectivity index (χ0v) is 22.1. The molecule has 0 spiro atoms. The van der Waals surface area contributed by atoms with Crippen LogP contribution in [0.15, 0.2) is 69.9 Å². The number of rotatable bonds is 7. The number of carbonyl (C=O) groups excluding carboxylic acids is 2. The monoisotopic (exact) mass is 542 g/mol. The molecule has 1 aliphatic heterocycles. The van der Waals surface area contributed by atoms with Crippen molar-refractivity contribution in [1.82, 2.24) is 4.57 Å². The lowest BCUT2D eigenvalue weighted by molar-refractivity contribution is -0.138. The number of ether oxygens (including phenoxy) is 1. The van der Waals surface area contributed by atoms with Crippen LogP contribution in [0, 0.1) is 0 Å². The minimum atomic E-state index is -0.712. The first-order valence-corrected chi connectivity index (χ1v) is 13.0. The van der Waals surface area contributed by atoms with E-state index in [4.69, 9.17) is 27.9 Å². The molecule has 0 fully saturated rings. The molecule has 0 atom stereocenters. The van der Waals surface area contributed by atoms with Crippen molar-refractivity contribution in [3.05, 3.63) is 86.1 Å². The number of amides is 1. The lowest BCUT2D eigenvalue weighted by Gasteiger charge is -2.06. The van der Waals surface area contributed by atoms with Gasteiger partial charge in [0.15, 0.2) is 0 Å². The van der Waals surface area contributed by atoms with Gasteiger partial charge in [0.1, 0.15) is 16.4 Å². The molecule has 6 nitrogen and oxygen atoms in total. The zero-order valence-electron chi connectivity index (χ0n) is 19.8. The van der Waals surface area contributed by atoms with Crippen LogP contribution >= 0.6 is 35.0 Å². The molecule has 3 aromatic rings. The summed E-state index contributed by atoms with van der Waals surface area (Å²) in [7, 11) is 0. The van der Waals surface area contributed by atoms with E-state index in [0.717, 1.165) is 33.8 Å². The van der Waals surface area contributed by atoms with Crippen LogP contribution in [0.3, 0.4) is 0 Å². The molecule has 2 heterocycles. The van der Waals surface area contributed by atoms with Crippen molar-refractivity contribution in [3.8, 4) is 0 Å². The fourth-order valence-electron chi connectivity index (χ4n) is 3.87. The van der Waals surface area contributed by atoms with Crippen molar-refractivity contribution >= 4 is 68.9 Å². The second kappa shape index (κ2) is 11.4. The van der Waals surface area contributed by atoms with Gasteiger partial charge in [-0.1, -0.05) is 66.2 Å². The van der Waals surface area contributed by atoms with Crippen LogP contribution in [0.2, 0.25) is 10.0 Å². The maximum absolute atomic E-state index is 12.6. The minimum absolute atomic E-state index is 0.0860. The highest BCUT2D eigenvalue weighted by Gasteiger charge is 2.34. The second-order valence-electron chi connectivity index (χ2n) is 8.09. The molecule has 1 aromatic heterocycles. The molecule has 0 unspecified atom stereocenters. The van der Waals surface area contributed by atoms with E-state index in [2.05, 4.69) is 9.56 Å². The highest BCUT2D eigenvalue weighted by Crippen LogP contribution is 2.40. The van der Waals surface area contributed by atoms with E-state index in [1.807, 2.05) is 49.5 Å². The summed E-state index contributed by atoms with van der Waals surface area (Å²) in [5, 5.41) is 13.0. The van der Waals surface area contributed by atoms with E-state index >= 15 is 0 Å². The first-order chi connectivity index (χ1) is 17.3. The Bertz CT molecular complexity index is 1440. The molecule has 9 heteroatoms. The number of esters is 1. The van der Waals surface area contributed by atoms with Gasteiger partial charge in [0, 0.05) is 35.6 Å². The summed E-state index contributed by atoms with van der Waals surface area (Å²) >= 11 is 13.3. The molecule has 1 N–H and O–H groups in total. The third-order valence-corrected chi connectivity index (χ3v) is 7.26. The number of hydrogen-bond donors (Lipinski definition) is 1. The Balaban J connectivity index is 1.76. The fraction of sp³-hybridized carbons (Fsp3) is 0.222. The van der Waals surface area contributed by atoms with Crippen LogP contribution in [0.4, 0.5) is 0 Å². The average molecular weight is 543 g/mol. The molecular formula is C27H24Cl2N2O4S. The molecule has 2 aromatic carbocycles. The van der Waals surface area contributed by atoms with Gasteiger partial charge < -0.3 is 14.4 Å². The number of nitrogens with zero attached hydrogens (tertiary/aromatic N) is 2. The van der Waals surface area contributed by atoms with Crippen molar-refractivity contribution in [2.24, 2.45) is 4.99 Å². The van der Waals surface area contributed by atoms with Gasteiger partial charge in [-0.3, -0.25) is 4.79 Å². The zero-order chi connectivity index (χ0) is 25.8. The van der Waals surface area contributed by atoms with Gasteiger partial charge in [-0.2, -0.15) is 0 Å². The predicted octanol–water partition coefficient (Wildman–Crippen LogP) is 7.18. The van der Waals surface area contributed by atoms with E-state index in [9.17, 15) is 14.7 Å². The molecule has 0 radical (unpaired) electrons. The van der Waals surface area contributed by atoms with Crippen molar-refractivity contribution in [1.29, 1.82) is 0 Å². The van der Waals surface area contributed by atoms with Crippen molar-refractivity contribution < 1.29 is 19.4 Å². The van der Waals surface area contributed by atoms with E-state index < -0.39 is 5.97 Å². The molecule has 36 heavy (non-hydrogen) atoms. The van der Waals surface area contributed by atoms with Crippen LogP contribution in [0.25, 0.3) is 17.0 Å². The Kier molecular flexibility index (Phi) is 8.24. The number of halogens is 2. The average Bonchev–Trinajstić information content (AvgIpc) is 3.34. The van der Waals surface area contributed by atoms with Gasteiger partial charge in [0.2, 0.25) is 5.91 Å². The molecule has 4 rings (SSSR count). The SMILES string of the molecule is CCCC(=O)N=C1S/C(=C\c2cn(Cc3ccc(Cl)c(Cl)c3)c3ccccc23)C(O)=C1C(=O)OCC. The Morgan fingerprint density at radius 3 is 2.64 bits per heavy atom. The van der Waals surface area contributed by atoms with Crippen LogP contribution in [0.1, 0.15) is 37.8 Å². The van der Waals surface area contributed by atoms with E-state index in [0.29, 0.717) is 27.9 Å². The van der Waals surface area contributed by atoms with Crippen molar-refractivity contribution in [3.63, 3.8) is 0 Å². The number of carbonyl (C=O) groups is 2. The Labute approximate surface area is 223 Å². The number of aliphatic hydroxyl groups is 1. The number of benzene rings is 2. The van der Waals surface area contributed by atoms with Crippen LogP contribution in [-0.2, 0) is 20.9 Å². The van der Waals surface area contributed by atoms with Crippen LogP contribution < -0.4 is 0 Å². The summed E-state index contributed by atoms with van der Waals surface area (Å²) in [6.07, 6.45) is 4.64. The number of aliphatic hydroxyl groups excluding tert-OH is 1. The summed E-state index contributed by atoms with van der Waals surface area (Å²) in [4.78, 5) is 29.3. The maximum atomic E-state index is 12.6. The standard InChI is InChI=1S/C27H24Cl2N2O4S/c1-3-7-23(32)30-26-24(27(34)35-4-2)25(33)22(36-26)13-17-15-31(21-9-6-5-8-18(17)21)14-16-10-11-19(28)20(29)12-16/h5-6,8-13,15,33H,3-4,7,14H2,1-2H3/b22-13-,30-26?. The molecule has 0 saturated heterocycles. The topological polar surface area (TPSA) is 80.9 Å². The molecule has 186 valence electrons. The van der Waals surface area contributed by atoms with Gasteiger partial charge in [-0.15, -0.1) is 0 Å². The summed E-state index contributed by atoms with van der Waals surface area (Å²) in [6, 6.07) is 13.4. The lowest BCUT2D eigenvalue weighted by atomic mass is 10.1. The van der Waals surface area contributed by atoms with Crippen LogP contribution in [0.5, 0.6) is 0 Å². The molecular weight excluding hydrogens is 519 g/mol. The first-order valence-electron chi connectivity index (χ1n) is 11.5. The molecule has 0 saturated carbocycles. The van der Waals surface area contributed by atoms with E-state index in [-0.39, 0.29) is 35.3 Å². The number of para-hydroxylation sites is 1. The van der Waals surface area contributed by atoms with E-state index in [1.54, 1.807) is 19.1 Å². The third kappa shape index (κ3) is 5.53. The third-order valence-electron chi connectivity index (χ3n) is 5.50. The smallest absolute Gasteiger partial charge is 0.344 e. The largest absolute Gasteiger partial charge is 0.506 e. The molecule has 1 amide bonds. The molecule has 0 aliphatic carbocycles. The molecule has 1 aliphatic rings. The predicted molar refractivity (Wildman–Crippen MR) is 147 cm³/mol. The molecule has 0 bridgehead atoms. The van der Waals surface area contributed by atoms with Gasteiger partial charge in [0.25, 0.3) is 0 Å². The van der Waals surface area contributed by atoms with Crippen molar-refractivity contribution in [2.45, 2.75) is 33.2 Å². The highest BCUT2D eigenvalue weighted by molar-refractivity contribution is 8.18. The Morgan fingerprint density at radius 2 is 1.92 bits per heavy atom. The lowest BCUT2D eigenvalue weighted by Crippen LogP contribution is -2.14. The number of hydrogen-bond acceptors (Lipinski definition) is 5. The second-order valence-corrected chi connectivity index (χ2v) is 9.94. The van der Waals surface area contributed by atoms with Gasteiger partial charge in [0.05, 0.1) is 21.6 Å². The Hall–Kier alpha value is -3.00. The van der Waals surface area contributed by atoms with Gasteiger partial charge in [-0.25, -0.2) is 9.79 Å². The maximum Gasteiger partial charge on any atom is 0.344 e. The summed E-state index contributed by atoms with van der Waals surface area (Å²) in [5.74, 6) is -1.31. The highest BCUT2D eigenvalue weighted by atomic mass is 35.5.